The average Bonchev–Trinajstić information content (AvgIpc) is 2.34. The lowest BCUT2D eigenvalue weighted by Gasteiger charge is -2.05. The Bertz CT molecular complexity index is 250. The van der Waals surface area contributed by atoms with Crippen LogP contribution in [0.4, 0.5) is 0 Å². The second-order valence-electron chi connectivity index (χ2n) is 2.48. The third kappa shape index (κ3) is 1.52. The van der Waals surface area contributed by atoms with Crippen molar-refractivity contribution in [2.45, 2.75) is 13.5 Å². The molecule has 0 saturated heterocycles. The molecule has 0 fully saturated rings. The summed E-state index contributed by atoms with van der Waals surface area (Å²) < 4.78 is 2.03. The summed E-state index contributed by atoms with van der Waals surface area (Å²) in [5.74, 6) is 0. The molecule has 0 aliphatic rings. The van der Waals surface area contributed by atoms with E-state index in [0.29, 0.717) is 6.54 Å². The van der Waals surface area contributed by atoms with Gasteiger partial charge in [0.15, 0.2) is 0 Å². The van der Waals surface area contributed by atoms with Crippen LogP contribution < -0.4 is 0 Å². The smallest absolute Gasteiger partial charge is 0.0610 e. The SMILES string of the molecule is C=Cc1ccc(C)n1CCO. The molecule has 0 spiro atoms. The Morgan fingerprint density at radius 2 is 2.36 bits per heavy atom. The zero-order valence-corrected chi connectivity index (χ0v) is 6.75. The van der Waals surface area contributed by atoms with Crippen LogP contribution in [0.15, 0.2) is 18.7 Å². The van der Waals surface area contributed by atoms with Crippen LogP contribution in [0.3, 0.4) is 0 Å². The highest BCUT2D eigenvalue weighted by molar-refractivity contribution is 5.43. The zero-order valence-electron chi connectivity index (χ0n) is 6.75. The molecule has 1 aromatic heterocycles. The minimum absolute atomic E-state index is 0.177. The van der Waals surface area contributed by atoms with E-state index in [1.165, 1.54) is 0 Å². The summed E-state index contributed by atoms with van der Waals surface area (Å²) in [5, 5.41) is 8.73. The van der Waals surface area contributed by atoms with Gasteiger partial charge in [0.05, 0.1) is 6.61 Å². The fourth-order valence-corrected chi connectivity index (χ4v) is 1.17. The van der Waals surface area contributed by atoms with Crippen molar-refractivity contribution >= 4 is 6.08 Å². The van der Waals surface area contributed by atoms with E-state index in [1.807, 2.05) is 23.6 Å². The van der Waals surface area contributed by atoms with Crippen LogP contribution in [0.5, 0.6) is 0 Å². The number of aromatic nitrogens is 1. The fraction of sp³-hybridized carbons (Fsp3) is 0.333. The minimum Gasteiger partial charge on any atom is -0.395 e. The van der Waals surface area contributed by atoms with Crippen LogP contribution in [-0.2, 0) is 6.54 Å². The third-order valence-electron chi connectivity index (χ3n) is 1.77. The summed E-state index contributed by atoms with van der Waals surface area (Å²) in [6, 6.07) is 4.02. The van der Waals surface area contributed by atoms with Crippen molar-refractivity contribution in [3.63, 3.8) is 0 Å². The summed E-state index contributed by atoms with van der Waals surface area (Å²) in [5.41, 5.74) is 2.23. The van der Waals surface area contributed by atoms with E-state index >= 15 is 0 Å². The Hall–Kier alpha value is -1.02. The molecule has 0 bridgehead atoms. The molecule has 0 unspecified atom stereocenters. The monoisotopic (exact) mass is 151 g/mol. The number of aliphatic hydroxyl groups is 1. The van der Waals surface area contributed by atoms with Crippen LogP contribution in [0.2, 0.25) is 0 Å². The van der Waals surface area contributed by atoms with Gasteiger partial charge in [0.2, 0.25) is 0 Å². The van der Waals surface area contributed by atoms with Gasteiger partial charge >= 0.3 is 0 Å². The molecule has 0 aliphatic carbocycles. The first-order valence-corrected chi connectivity index (χ1v) is 3.69. The molecule has 1 N–H and O–H groups in total. The van der Waals surface area contributed by atoms with Gasteiger partial charge in [-0.25, -0.2) is 0 Å². The lowest BCUT2D eigenvalue weighted by molar-refractivity contribution is 0.275. The Morgan fingerprint density at radius 3 is 2.91 bits per heavy atom. The molecule has 0 saturated carbocycles. The van der Waals surface area contributed by atoms with Crippen LogP contribution in [0.1, 0.15) is 11.4 Å². The highest BCUT2D eigenvalue weighted by Gasteiger charge is 1.99. The van der Waals surface area contributed by atoms with Gasteiger partial charge in [-0.15, -0.1) is 0 Å². The third-order valence-corrected chi connectivity index (χ3v) is 1.77. The van der Waals surface area contributed by atoms with E-state index in [1.54, 1.807) is 6.08 Å². The van der Waals surface area contributed by atoms with Gasteiger partial charge in [0.1, 0.15) is 0 Å². The van der Waals surface area contributed by atoms with Crippen LogP contribution in [-0.4, -0.2) is 16.3 Å². The molecular weight excluding hydrogens is 138 g/mol. The van der Waals surface area contributed by atoms with E-state index in [2.05, 4.69) is 6.58 Å². The standard InChI is InChI=1S/C9H13NO/c1-3-9-5-4-8(2)10(9)6-7-11/h3-5,11H,1,6-7H2,2H3. The summed E-state index contributed by atoms with van der Waals surface area (Å²) in [4.78, 5) is 0. The number of hydrogen-bond acceptors (Lipinski definition) is 1. The largest absolute Gasteiger partial charge is 0.395 e. The lowest BCUT2D eigenvalue weighted by atomic mass is 10.4. The molecule has 2 nitrogen and oxygen atoms in total. The molecule has 2 heteroatoms. The maximum Gasteiger partial charge on any atom is 0.0610 e. The maximum atomic E-state index is 8.73. The van der Waals surface area contributed by atoms with Gasteiger partial charge in [0.25, 0.3) is 0 Å². The summed E-state index contributed by atoms with van der Waals surface area (Å²) >= 11 is 0. The summed E-state index contributed by atoms with van der Waals surface area (Å²) in [7, 11) is 0. The van der Waals surface area contributed by atoms with E-state index < -0.39 is 0 Å². The van der Waals surface area contributed by atoms with Crippen molar-refractivity contribution in [1.82, 2.24) is 4.57 Å². The predicted molar refractivity (Wildman–Crippen MR) is 46.3 cm³/mol. The highest BCUT2D eigenvalue weighted by Crippen LogP contribution is 2.08. The predicted octanol–water partition coefficient (Wildman–Crippen LogP) is 1.43. The Labute approximate surface area is 66.8 Å². The molecule has 11 heavy (non-hydrogen) atoms. The summed E-state index contributed by atoms with van der Waals surface area (Å²) in [6.45, 7) is 6.53. The van der Waals surface area contributed by atoms with Gasteiger partial charge in [0, 0.05) is 17.9 Å². The lowest BCUT2D eigenvalue weighted by Crippen LogP contribution is -2.05. The van der Waals surface area contributed by atoms with E-state index in [4.69, 9.17) is 5.11 Å². The minimum atomic E-state index is 0.177. The van der Waals surface area contributed by atoms with Crippen LogP contribution >= 0.6 is 0 Å². The van der Waals surface area contributed by atoms with Gasteiger partial charge in [-0.3, -0.25) is 0 Å². The van der Waals surface area contributed by atoms with E-state index in [-0.39, 0.29) is 6.61 Å². The Morgan fingerprint density at radius 1 is 1.64 bits per heavy atom. The van der Waals surface area contributed by atoms with Crippen LogP contribution in [0.25, 0.3) is 6.08 Å². The molecule has 60 valence electrons. The first-order chi connectivity index (χ1) is 5.29. The summed E-state index contributed by atoms with van der Waals surface area (Å²) in [6.07, 6.45) is 1.79. The molecule has 0 amide bonds. The highest BCUT2D eigenvalue weighted by atomic mass is 16.3. The maximum absolute atomic E-state index is 8.73. The first-order valence-electron chi connectivity index (χ1n) is 3.69. The van der Waals surface area contributed by atoms with Crippen LogP contribution in [0, 0.1) is 6.92 Å². The van der Waals surface area contributed by atoms with Gasteiger partial charge in [-0.05, 0) is 25.1 Å². The quantitative estimate of drug-likeness (QED) is 0.694. The Kier molecular flexibility index (Phi) is 2.49. The van der Waals surface area contributed by atoms with Crippen molar-refractivity contribution in [2.75, 3.05) is 6.61 Å². The number of rotatable bonds is 3. The average molecular weight is 151 g/mol. The molecule has 0 aliphatic heterocycles. The van der Waals surface area contributed by atoms with E-state index in [9.17, 15) is 0 Å². The fourth-order valence-electron chi connectivity index (χ4n) is 1.17. The normalized spacial score (nSPS) is 10.0. The molecule has 1 heterocycles. The van der Waals surface area contributed by atoms with Crippen molar-refractivity contribution in [1.29, 1.82) is 0 Å². The Balaban J connectivity index is 2.97. The number of aryl methyl sites for hydroxylation is 1. The molecule has 0 radical (unpaired) electrons. The molecule has 0 aromatic carbocycles. The first kappa shape index (κ1) is 8.08. The van der Waals surface area contributed by atoms with Crippen molar-refractivity contribution in [3.05, 3.63) is 30.1 Å². The molecular formula is C9H13NO. The number of hydrogen-bond donors (Lipinski definition) is 1. The molecule has 0 atom stereocenters. The second kappa shape index (κ2) is 3.39. The number of aliphatic hydroxyl groups excluding tert-OH is 1. The van der Waals surface area contributed by atoms with Gasteiger partial charge in [-0.2, -0.15) is 0 Å². The van der Waals surface area contributed by atoms with Crippen molar-refractivity contribution < 1.29 is 5.11 Å². The van der Waals surface area contributed by atoms with Crippen molar-refractivity contribution in [2.24, 2.45) is 0 Å². The molecule has 1 aromatic rings. The molecule has 1 rings (SSSR count). The zero-order chi connectivity index (χ0) is 8.27. The number of nitrogens with zero attached hydrogens (tertiary/aromatic N) is 1. The van der Waals surface area contributed by atoms with E-state index in [0.717, 1.165) is 11.4 Å². The topological polar surface area (TPSA) is 25.2 Å². The second-order valence-corrected chi connectivity index (χ2v) is 2.48. The van der Waals surface area contributed by atoms with Gasteiger partial charge in [-0.1, -0.05) is 6.58 Å². The van der Waals surface area contributed by atoms with Crippen molar-refractivity contribution in [3.8, 4) is 0 Å². The van der Waals surface area contributed by atoms with Gasteiger partial charge < -0.3 is 9.67 Å².